The largest absolute Gasteiger partial charge is 0.376 e. The Morgan fingerprint density at radius 2 is 1.53 bits per heavy atom. The van der Waals surface area contributed by atoms with Crippen molar-refractivity contribution in [2.24, 2.45) is 5.92 Å². The Balaban J connectivity index is 0.000000428. The Hall–Kier alpha value is -1.65. The quantitative estimate of drug-likeness (QED) is 0.403. The zero-order chi connectivity index (χ0) is 26.1. The normalized spacial score (nSPS) is 13.9. The van der Waals surface area contributed by atoms with Crippen LogP contribution in [0.2, 0.25) is 0 Å². The van der Waals surface area contributed by atoms with E-state index < -0.39 is 0 Å². The molecule has 1 aliphatic carbocycles. The SMILES string of the molecule is CC(C)(C)OC1CC1.CC(C)Cn1cccn1.CC(C)c1ccccc1.CCC(C)OC(C)C. The van der Waals surface area contributed by atoms with Gasteiger partial charge in [0.05, 0.1) is 23.9 Å². The predicted octanol–water partition coefficient (Wildman–Crippen LogP) is 8.52. The van der Waals surface area contributed by atoms with E-state index in [1.165, 1.54) is 18.4 Å². The Kier molecular flexibility index (Phi) is 16.9. The van der Waals surface area contributed by atoms with Crippen molar-refractivity contribution < 1.29 is 9.47 Å². The molecule has 4 heteroatoms. The molecule has 1 atom stereocenters. The number of hydrogen-bond donors (Lipinski definition) is 0. The van der Waals surface area contributed by atoms with Gasteiger partial charge in [-0.05, 0) is 84.3 Å². The molecule has 0 amide bonds. The first-order valence-corrected chi connectivity index (χ1v) is 13.2. The number of benzene rings is 1. The van der Waals surface area contributed by atoms with Crippen molar-refractivity contribution in [3.05, 3.63) is 54.4 Å². The minimum atomic E-state index is 0.0845. The van der Waals surface area contributed by atoms with Gasteiger partial charge in [-0.2, -0.15) is 5.10 Å². The average Bonchev–Trinajstić information content (AvgIpc) is 3.39. The highest BCUT2D eigenvalue weighted by molar-refractivity contribution is 5.17. The third-order valence-corrected chi connectivity index (χ3v) is 4.70. The van der Waals surface area contributed by atoms with Gasteiger partial charge in [-0.15, -0.1) is 0 Å². The van der Waals surface area contributed by atoms with Crippen LogP contribution in [-0.2, 0) is 16.0 Å². The fourth-order valence-corrected chi connectivity index (χ4v) is 2.87. The summed E-state index contributed by atoms with van der Waals surface area (Å²) in [5.41, 5.74) is 1.50. The molecular weight excluding hydrogens is 420 g/mol. The lowest BCUT2D eigenvalue weighted by molar-refractivity contribution is -0.0151. The highest BCUT2D eigenvalue weighted by atomic mass is 16.5. The molecule has 1 aliphatic rings. The van der Waals surface area contributed by atoms with Gasteiger partial charge in [0.1, 0.15) is 0 Å². The van der Waals surface area contributed by atoms with E-state index in [1.54, 1.807) is 0 Å². The Morgan fingerprint density at radius 3 is 1.79 bits per heavy atom. The van der Waals surface area contributed by atoms with Gasteiger partial charge in [0, 0.05) is 18.9 Å². The highest BCUT2D eigenvalue weighted by Gasteiger charge is 2.27. The first-order valence-electron chi connectivity index (χ1n) is 13.2. The van der Waals surface area contributed by atoms with Crippen molar-refractivity contribution in [3.63, 3.8) is 0 Å². The molecule has 0 spiro atoms. The van der Waals surface area contributed by atoms with Gasteiger partial charge in [-0.1, -0.05) is 65.0 Å². The second-order valence-electron chi connectivity index (χ2n) is 11.0. The second-order valence-corrected chi connectivity index (χ2v) is 11.0. The number of ether oxygens (including phenoxy) is 2. The zero-order valence-corrected chi connectivity index (χ0v) is 24.0. The number of aromatic nitrogens is 2. The third kappa shape index (κ3) is 20.9. The fourth-order valence-electron chi connectivity index (χ4n) is 2.87. The smallest absolute Gasteiger partial charge is 0.0602 e. The molecule has 1 aromatic heterocycles. The van der Waals surface area contributed by atoms with Crippen molar-refractivity contribution in [1.82, 2.24) is 9.78 Å². The van der Waals surface area contributed by atoms with Crippen molar-refractivity contribution in [2.75, 3.05) is 0 Å². The van der Waals surface area contributed by atoms with Crippen molar-refractivity contribution in [2.45, 2.75) is 132 Å². The molecule has 34 heavy (non-hydrogen) atoms. The first kappa shape index (κ1) is 32.4. The molecule has 0 aliphatic heterocycles. The first-order chi connectivity index (χ1) is 15.8. The maximum Gasteiger partial charge on any atom is 0.0602 e. The summed E-state index contributed by atoms with van der Waals surface area (Å²) in [6.07, 6.45) is 8.85. The molecule has 4 nitrogen and oxygen atoms in total. The third-order valence-electron chi connectivity index (χ3n) is 4.70. The van der Waals surface area contributed by atoms with Crippen LogP contribution in [0.4, 0.5) is 0 Å². The van der Waals surface area contributed by atoms with E-state index >= 15 is 0 Å². The summed E-state index contributed by atoms with van der Waals surface area (Å²) in [7, 11) is 0. The summed E-state index contributed by atoms with van der Waals surface area (Å²) >= 11 is 0. The van der Waals surface area contributed by atoms with Gasteiger partial charge in [0.15, 0.2) is 0 Å². The lowest BCUT2D eigenvalue weighted by Crippen LogP contribution is -2.19. The van der Waals surface area contributed by atoms with Crippen LogP contribution in [0.25, 0.3) is 0 Å². The minimum absolute atomic E-state index is 0.0845. The van der Waals surface area contributed by atoms with Gasteiger partial charge in [-0.25, -0.2) is 0 Å². The lowest BCUT2D eigenvalue weighted by atomic mass is 10.0. The van der Waals surface area contributed by atoms with E-state index in [0.717, 1.165) is 13.0 Å². The molecule has 0 N–H and O–H groups in total. The summed E-state index contributed by atoms with van der Waals surface area (Å²) in [6, 6.07) is 12.5. The van der Waals surface area contributed by atoms with Crippen LogP contribution >= 0.6 is 0 Å². The summed E-state index contributed by atoms with van der Waals surface area (Å²) in [5.74, 6) is 1.34. The van der Waals surface area contributed by atoms with Crippen molar-refractivity contribution in [1.29, 1.82) is 0 Å². The highest BCUT2D eigenvalue weighted by Crippen LogP contribution is 2.28. The monoisotopic (exact) mass is 474 g/mol. The Morgan fingerprint density at radius 1 is 0.941 bits per heavy atom. The van der Waals surface area contributed by atoms with Crippen molar-refractivity contribution >= 4 is 0 Å². The van der Waals surface area contributed by atoms with E-state index in [0.29, 0.717) is 30.1 Å². The molecule has 1 saturated carbocycles. The van der Waals surface area contributed by atoms with E-state index in [1.807, 2.05) is 29.2 Å². The average molecular weight is 475 g/mol. The molecule has 1 aromatic carbocycles. The standard InChI is InChI=1S/C9H12.C7H12N2.C7H14O.C7H16O/c1-8(2)9-6-4-3-5-7-9;1-7(2)6-9-5-3-4-8-9;1-7(2,3)8-6-4-5-6;1-5-7(4)8-6(2)3/h3-8H,1-2H3;3-5,7H,6H2,1-2H3;6H,4-5H2,1-3H3;6-7H,5H2,1-4H3. The lowest BCUT2D eigenvalue weighted by Gasteiger charge is -2.18. The zero-order valence-electron chi connectivity index (χ0n) is 24.0. The van der Waals surface area contributed by atoms with Crippen LogP contribution in [0.3, 0.4) is 0 Å². The summed E-state index contributed by atoms with van der Waals surface area (Å²) in [6.45, 7) is 24.5. The van der Waals surface area contributed by atoms with Crippen LogP contribution < -0.4 is 0 Å². The van der Waals surface area contributed by atoms with E-state index in [2.05, 4.69) is 106 Å². The topological polar surface area (TPSA) is 36.3 Å². The Labute approximate surface area is 211 Å². The molecule has 0 radical (unpaired) electrons. The van der Waals surface area contributed by atoms with E-state index in [-0.39, 0.29) is 5.60 Å². The molecule has 3 rings (SSSR count). The fraction of sp³-hybridized carbons (Fsp3) is 0.700. The molecule has 1 fully saturated rings. The van der Waals surface area contributed by atoms with E-state index in [9.17, 15) is 0 Å². The minimum Gasteiger partial charge on any atom is -0.376 e. The molecule has 196 valence electrons. The molecule has 0 saturated heterocycles. The maximum atomic E-state index is 5.55. The number of rotatable bonds is 7. The van der Waals surface area contributed by atoms with Crippen LogP contribution in [0.5, 0.6) is 0 Å². The van der Waals surface area contributed by atoms with Crippen LogP contribution in [0, 0.1) is 5.92 Å². The predicted molar refractivity (Wildman–Crippen MR) is 147 cm³/mol. The van der Waals surface area contributed by atoms with Gasteiger partial charge < -0.3 is 9.47 Å². The summed E-state index contributed by atoms with van der Waals surface area (Å²) < 4.78 is 12.9. The van der Waals surface area contributed by atoms with Crippen LogP contribution in [0.15, 0.2) is 48.8 Å². The summed E-state index contributed by atoms with van der Waals surface area (Å²) in [5, 5.41) is 4.07. The summed E-state index contributed by atoms with van der Waals surface area (Å²) in [4.78, 5) is 0. The van der Waals surface area contributed by atoms with Gasteiger partial charge >= 0.3 is 0 Å². The molecule has 1 heterocycles. The molecule has 2 aromatic rings. The molecule has 1 unspecified atom stereocenters. The van der Waals surface area contributed by atoms with Gasteiger partial charge in [0.2, 0.25) is 0 Å². The number of nitrogens with zero attached hydrogens (tertiary/aromatic N) is 2. The van der Waals surface area contributed by atoms with Crippen molar-refractivity contribution in [3.8, 4) is 0 Å². The van der Waals surface area contributed by atoms with Gasteiger partial charge in [-0.3, -0.25) is 4.68 Å². The number of hydrogen-bond acceptors (Lipinski definition) is 3. The molecule has 0 bridgehead atoms. The van der Waals surface area contributed by atoms with E-state index in [4.69, 9.17) is 9.47 Å². The maximum absolute atomic E-state index is 5.55. The second kappa shape index (κ2) is 17.7. The Bertz CT molecular complexity index is 684. The van der Waals surface area contributed by atoms with Crippen LogP contribution in [0.1, 0.15) is 107 Å². The molecular formula is C30H54N2O2. The van der Waals surface area contributed by atoms with Crippen LogP contribution in [-0.4, -0.2) is 33.7 Å². The van der Waals surface area contributed by atoms with Gasteiger partial charge in [0.25, 0.3) is 0 Å².